The number of thioether (sulfide) groups is 1. The molecule has 0 spiro atoms. The lowest BCUT2D eigenvalue weighted by atomic mass is 10.3. The minimum absolute atomic E-state index is 0.205. The number of unbranched alkanes of at least 4 members (excludes halogenated alkanes) is 1. The molecule has 15 heavy (non-hydrogen) atoms. The second-order valence-corrected chi connectivity index (χ2v) is 7.42. The SMILES string of the molecule is CN(C1CCSC1)S(=O)(=O)CCCCCl. The first-order valence-corrected chi connectivity index (χ1v) is 8.47. The van der Waals surface area contributed by atoms with Gasteiger partial charge in [-0.05, 0) is 25.0 Å². The number of nitrogens with zero attached hydrogens (tertiary/aromatic N) is 1. The Morgan fingerprint density at radius 2 is 2.20 bits per heavy atom. The third kappa shape index (κ3) is 4.13. The van der Waals surface area contributed by atoms with Crippen molar-refractivity contribution < 1.29 is 8.42 Å². The van der Waals surface area contributed by atoms with Gasteiger partial charge in [0.15, 0.2) is 0 Å². The average Bonchev–Trinajstić information content (AvgIpc) is 2.69. The maximum Gasteiger partial charge on any atom is 0.214 e. The Morgan fingerprint density at radius 1 is 1.47 bits per heavy atom. The van der Waals surface area contributed by atoms with E-state index >= 15 is 0 Å². The molecule has 1 saturated heterocycles. The van der Waals surface area contributed by atoms with Crippen molar-refractivity contribution in [1.82, 2.24) is 4.31 Å². The van der Waals surface area contributed by atoms with Crippen LogP contribution in [0.5, 0.6) is 0 Å². The van der Waals surface area contributed by atoms with Gasteiger partial charge in [-0.15, -0.1) is 11.6 Å². The maximum absolute atomic E-state index is 11.9. The van der Waals surface area contributed by atoms with Crippen LogP contribution in [0.1, 0.15) is 19.3 Å². The standard InChI is InChI=1S/C9H18ClNO2S2/c1-11(9-4-6-14-8-9)15(12,13)7-3-2-5-10/h9H,2-8H2,1H3. The quantitative estimate of drug-likeness (QED) is 0.546. The van der Waals surface area contributed by atoms with Crippen LogP contribution in [-0.2, 0) is 10.0 Å². The zero-order valence-corrected chi connectivity index (χ0v) is 11.4. The van der Waals surface area contributed by atoms with E-state index in [1.165, 1.54) is 0 Å². The molecule has 1 fully saturated rings. The first-order valence-electron chi connectivity index (χ1n) is 5.17. The molecular formula is C9H18ClNO2S2. The molecule has 0 radical (unpaired) electrons. The minimum atomic E-state index is -3.05. The molecule has 0 bridgehead atoms. The summed E-state index contributed by atoms with van der Waals surface area (Å²) in [6.07, 6.45) is 2.42. The summed E-state index contributed by atoms with van der Waals surface area (Å²) in [7, 11) is -1.35. The third-order valence-corrected chi connectivity index (χ3v) is 6.04. The summed E-state index contributed by atoms with van der Waals surface area (Å²) in [6.45, 7) is 0. The lowest BCUT2D eigenvalue weighted by molar-refractivity contribution is 0.394. The van der Waals surface area contributed by atoms with Crippen molar-refractivity contribution in [3.63, 3.8) is 0 Å². The van der Waals surface area contributed by atoms with Crippen LogP contribution < -0.4 is 0 Å². The Labute approximate surface area is 102 Å². The molecule has 1 aliphatic rings. The van der Waals surface area contributed by atoms with Gasteiger partial charge >= 0.3 is 0 Å². The number of hydrogen-bond acceptors (Lipinski definition) is 3. The van der Waals surface area contributed by atoms with Crippen LogP contribution in [0.4, 0.5) is 0 Å². The largest absolute Gasteiger partial charge is 0.214 e. The first-order chi connectivity index (χ1) is 7.08. The zero-order chi connectivity index (χ0) is 11.3. The minimum Gasteiger partial charge on any atom is -0.212 e. The van der Waals surface area contributed by atoms with E-state index in [0.29, 0.717) is 12.3 Å². The Kier molecular flexibility index (Phi) is 5.74. The van der Waals surface area contributed by atoms with Gasteiger partial charge in [-0.1, -0.05) is 0 Å². The molecule has 0 aliphatic carbocycles. The Bertz CT molecular complexity index is 276. The smallest absolute Gasteiger partial charge is 0.212 e. The molecule has 0 amide bonds. The summed E-state index contributed by atoms with van der Waals surface area (Å²) >= 11 is 7.35. The molecule has 0 aromatic heterocycles. The van der Waals surface area contributed by atoms with Crippen molar-refractivity contribution in [1.29, 1.82) is 0 Å². The highest BCUT2D eigenvalue weighted by molar-refractivity contribution is 7.99. The molecule has 90 valence electrons. The van der Waals surface area contributed by atoms with E-state index in [2.05, 4.69) is 0 Å². The monoisotopic (exact) mass is 271 g/mol. The van der Waals surface area contributed by atoms with Crippen molar-refractivity contribution in [2.45, 2.75) is 25.3 Å². The third-order valence-electron chi connectivity index (χ3n) is 2.64. The fraction of sp³-hybridized carbons (Fsp3) is 1.00. The van der Waals surface area contributed by atoms with E-state index in [1.807, 2.05) is 11.8 Å². The molecule has 0 aromatic carbocycles. The lowest BCUT2D eigenvalue weighted by Gasteiger charge is -2.22. The van der Waals surface area contributed by atoms with Gasteiger partial charge in [0.1, 0.15) is 0 Å². The van der Waals surface area contributed by atoms with E-state index in [-0.39, 0.29) is 11.8 Å². The van der Waals surface area contributed by atoms with Crippen LogP contribution in [0.25, 0.3) is 0 Å². The Hall–Kier alpha value is 0.550. The normalized spacial score (nSPS) is 22.5. The summed E-state index contributed by atoms with van der Waals surface area (Å²) in [6, 6.07) is 0.205. The fourth-order valence-corrected chi connectivity index (χ4v) is 4.60. The zero-order valence-electron chi connectivity index (χ0n) is 8.99. The summed E-state index contributed by atoms with van der Waals surface area (Å²) in [5.41, 5.74) is 0. The van der Waals surface area contributed by atoms with Crippen molar-refractivity contribution >= 4 is 33.4 Å². The van der Waals surface area contributed by atoms with Crippen LogP contribution in [0.3, 0.4) is 0 Å². The molecule has 0 saturated carbocycles. The molecule has 0 aromatic rings. The number of rotatable bonds is 6. The molecule has 1 rings (SSSR count). The molecular weight excluding hydrogens is 254 g/mol. The van der Waals surface area contributed by atoms with Gasteiger partial charge in [0, 0.05) is 24.7 Å². The number of halogens is 1. The van der Waals surface area contributed by atoms with Crippen molar-refractivity contribution in [2.75, 3.05) is 30.2 Å². The van der Waals surface area contributed by atoms with Gasteiger partial charge in [0.2, 0.25) is 10.0 Å². The van der Waals surface area contributed by atoms with Crippen molar-refractivity contribution in [3.05, 3.63) is 0 Å². The summed E-state index contributed by atoms with van der Waals surface area (Å²) in [5.74, 6) is 2.79. The average molecular weight is 272 g/mol. The van der Waals surface area contributed by atoms with Gasteiger partial charge in [-0.2, -0.15) is 11.8 Å². The van der Waals surface area contributed by atoms with E-state index < -0.39 is 10.0 Å². The summed E-state index contributed by atoms with van der Waals surface area (Å²) in [4.78, 5) is 0. The van der Waals surface area contributed by atoms with Crippen LogP contribution in [0, 0.1) is 0 Å². The predicted molar refractivity (Wildman–Crippen MR) is 67.2 cm³/mol. The van der Waals surface area contributed by atoms with E-state index in [1.54, 1.807) is 11.4 Å². The van der Waals surface area contributed by atoms with Gasteiger partial charge in [0.05, 0.1) is 5.75 Å². The molecule has 1 atom stereocenters. The summed E-state index contributed by atoms with van der Waals surface area (Å²) < 4.78 is 25.3. The molecule has 6 heteroatoms. The van der Waals surface area contributed by atoms with E-state index in [0.717, 1.165) is 24.3 Å². The van der Waals surface area contributed by atoms with Crippen LogP contribution in [-0.4, -0.2) is 49.0 Å². The second kappa shape index (κ2) is 6.33. The highest BCUT2D eigenvalue weighted by Gasteiger charge is 2.28. The number of alkyl halides is 1. The topological polar surface area (TPSA) is 37.4 Å². The van der Waals surface area contributed by atoms with Crippen LogP contribution in [0.2, 0.25) is 0 Å². The number of sulfonamides is 1. The molecule has 1 heterocycles. The summed E-state index contributed by atoms with van der Waals surface area (Å²) in [5, 5.41) is 0. The van der Waals surface area contributed by atoms with Gasteiger partial charge in [0.25, 0.3) is 0 Å². The molecule has 1 aliphatic heterocycles. The number of hydrogen-bond donors (Lipinski definition) is 0. The molecule has 3 nitrogen and oxygen atoms in total. The Balaban J connectivity index is 2.44. The van der Waals surface area contributed by atoms with Gasteiger partial charge in [-0.3, -0.25) is 0 Å². The van der Waals surface area contributed by atoms with Crippen LogP contribution in [0.15, 0.2) is 0 Å². The van der Waals surface area contributed by atoms with E-state index in [9.17, 15) is 8.42 Å². The molecule has 0 N–H and O–H groups in total. The predicted octanol–water partition coefficient (Wildman–Crippen LogP) is 1.77. The lowest BCUT2D eigenvalue weighted by Crippen LogP contribution is -2.38. The molecule has 1 unspecified atom stereocenters. The van der Waals surface area contributed by atoms with Gasteiger partial charge < -0.3 is 0 Å². The first kappa shape index (κ1) is 13.6. The van der Waals surface area contributed by atoms with Crippen molar-refractivity contribution in [3.8, 4) is 0 Å². The van der Waals surface area contributed by atoms with E-state index in [4.69, 9.17) is 11.6 Å². The maximum atomic E-state index is 11.9. The second-order valence-electron chi connectivity index (χ2n) is 3.75. The fourth-order valence-electron chi connectivity index (χ4n) is 1.56. The van der Waals surface area contributed by atoms with Gasteiger partial charge in [-0.25, -0.2) is 12.7 Å². The highest BCUT2D eigenvalue weighted by Crippen LogP contribution is 2.23. The van der Waals surface area contributed by atoms with Crippen molar-refractivity contribution in [2.24, 2.45) is 0 Å². The van der Waals surface area contributed by atoms with Crippen LogP contribution >= 0.6 is 23.4 Å². The Morgan fingerprint density at radius 3 is 2.73 bits per heavy atom. The highest BCUT2D eigenvalue weighted by atomic mass is 35.5.